The van der Waals surface area contributed by atoms with Crippen LogP contribution in [0.5, 0.6) is 5.75 Å². The summed E-state index contributed by atoms with van der Waals surface area (Å²) in [5.74, 6) is -0.660. The molecule has 148 valence electrons. The van der Waals surface area contributed by atoms with Crippen molar-refractivity contribution >= 4 is 40.7 Å². The second-order valence-corrected chi connectivity index (χ2v) is 6.40. The van der Waals surface area contributed by atoms with Gasteiger partial charge >= 0.3 is 0 Å². The summed E-state index contributed by atoms with van der Waals surface area (Å²) < 4.78 is 5.51. The molecule has 2 aromatic rings. The molecule has 8 heteroatoms. The number of anilines is 2. The number of amides is 3. The number of rotatable bonds is 7. The normalized spacial score (nSPS) is 10.1. The van der Waals surface area contributed by atoms with Gasteiger partial charge in [-0.25, -0.2) is 0 Å². The van der Waals surface area contributed by atoms with Crippen molar-refractivity contribution in [2.45, 2.75) is 20.8 Å². The molecule has 0 saturated carbocycles. The predicted octanol–water partition coefficient (Wildman–Crippen LogP) is 3.37. The van der Waals surface area contributed by atoms with Crippen LogP contribution in [0.3, 0.4) is 0 Å². The zero-order valence-electron chi connectivity index (χ0n) is 15.9. The van der Waals surface area contributed by atoms with Crippen LogP contribution >= 0.6 is 11.6 Å². The van der Waals surface area contributed by atoms with Crippen molar-refractivity contribution in [1.29, 1.82) is 0 Å². The van der Waals surface area contributed by atoms with Crippen molar-refractivity contribution in [2.24, 2.45) is 0 Å². The second kappa shape index (κ2) is 9.75. The first-order chi connectivity index (χ1) is 13.3. The Morgan fingerprint density at radius 1 is 1.07 bits per heavy atom. The van der Waals surface area contributed by atoms with E-state index < -0.39 is 0 Å². The summed E-state index contributed by atoms with van der Waals surface area (Å²) in [5, 5.41) is 8.28. The van der Waals surface area contributed by atoms with Crippen LogP contribution in [-0.2, 0) is 9.59 Å². The molecule has 0 aliphatic carbocycles. The van der Waals surface area contributed by atoms with Gasteiger partial charge in [0.05, 0.1) is 23.9 Å². The molecule has 3 N–H and O–H groups in total. The van der Waals surface area contributed by atoms with E-state index in [1.54, 1.807) is 43.3 Å². The molecule has 0 aromatic heterocycles. The monoisotopic (exact) mass is 403 g/mol. The van der Waals surface area contributed by atoms with E-state index in [4.69, 9.17) is 16.3 Å². The van der Waals surface area contributed by atoms with Crippen molar-refractivity contribution in [1.82, 2.24) is 5.32 Å². The van der Waals surface area contributed by atoms with Crippen molar-refractivity contribution < 1.29 is 19.1 Å². The molecule has 0 aliphatic heterocycles. The molecule has 0 bridgehead atoms. The van der Waals surface area contributed by atoms with Gasteiger partial charge in [-0.15, -0.1) is 0 Å². The zero-order valence-corrected chi connectivity index (χ0v) is 16.6. The number of para-hydroxylation sites is 1. The van der Waals surface area contributed by atoms with Gasteiger partial charge in [0.2, 0.25) is 11.8 Å². The van der Waals surface area contributed by atoms with Gasteiger partial charge in [-0.1, -0.05) is 23.7 Å². The van der Waals surface area contributed by atoms with E-state index >= 15 is 0 Å². The second-order valence-electron chi connectivity index (χ2n) is 5.99. The fourth-order valence-electron chi connectivity index (χ4n) is 2.39. The number of nitrogens with one attached hydrogen (secondary N) is 3. The lowest BCUT2D eigenvalue weighted by atomic mass is 10.1. The molecule has 0 aliphatic rings. The quantitative estimate of drug-likeness (QED) is 0.660. The van der Waals surface area contributed by atoms with Gasteiger partial charge in [0, 0.05) is 18.2 Å². The highest BCUT2D eigenvalue weighted by Gasteiger charge is 2.14. The van der Waals surface area contributed by atoms with Gasteiger partial charge in [0.25, 0.3) is 5.91 Å². The fraction of sp³-hybridized carbons (Fsp3) is 0.250. The third-order valence-electron chi connectivity index (χ3n) is 3.78. The van der Waals surface area contributed by atoms with Gasteiger partial charge in [-0.2, -0.15) is 0 Å². The van der Waals surface area contributed by atoms with E-state index in [0.717, 1.165) is 5.56 Å². The molecule has 0 radical (unpaired) electrons. The minimum atomic E-state index is -0.385. The molecular weight excluding hydrogens is 382 g/mol. The standard InChI is InChI=1S/C20H22ClN3O4/c1-4-28-19-15(21)6-5-7-16(19)24-20(27)14-9-8-12(2)17(10-14)23-18(26)11-22-13(3)25/h5-10H,4,11H2,1-3H3,(H,22,25)(H,23,26)(H,24,27). The molecule has 2 aromatic carbocycles. The van der Waals surface area contributed by atoms with Crippen LogP contribution in [0.25, 0.3) is 0 Å². The first-order valence-corrected chi connectivity index (χ1v) is 9.07. The minimum absolute atomic E-state index is 0.147. The topological polar surface area (TPSA) is 96.5 Å². The number of ether oxygens (including phenoxy) is 1. The Labute approximate surface area is 168 Å². The molecule has 28 heavy (non-hydrogen) atoms. The molecule has 0 heterocycles. The van der Waals surface area contributed by atoms with E-state index in [2.05, 4.69) is 16.0 Å². The fourth-order valence-corrected chi connectivity index (χ4v) is 2.62. The van der Waals surface area contributed by atoms with Crippen molar-refractivity contribution in [2.75, 3.05) is 23.8 Å². The van der Waals surface area contributed by atoms with Crippen LogP contribution in [0.2, 0.25) is 5.02 Å². The Kier molecular flexibility index (Phi) is 7.40. The molecule has 3 amide bonds. The number of aryl methyl sites for hydroxylation is 1. The maximum absolute atomic E-state index is 12.7. The highest BCUT2D eigenvalue weighted by atomic mass is 35.5. The maximum Gasteiger partial charge on any atom is 0.255 e. The third kappa shape index (κ3) is 5.72. The van der Waals surface area contributed by atoms with Crippen LogP contribution in [-0.4, -0.2) is 30.9 Å². The van der Waals surface area contributed by atoms with Crippen molar-refractivity contribution in [3.05, 3.63) is 52.5 Å². The molecule has 0 saturated heterocycles. The summed E-state index contributed by atoms with van der Waals surface area (Å²) >= 11 is 6.14. The number of carbonyl (C=O) groups excluding carboxylic acids is 3. The van der Waals surface area contributed by atoms with Gasteiger partial charge in [0.1, 0.15) is 0 Å². The Bertz CT molecular complexity index is 899. The summed E-state index contributed by atoms with van der Waals surface area (Å²) in [6.07, 6.45) is 0. The summed E-state index contributed by atoms with van der Waals surface area (Å²) in [4.78, 5) is 35.5. The summed E-state index contributed by atoms with van der Waals surface area (Å²) in [5.41, 5.74) is 2.07. The highest BCUT2D eigenvalue weighted by molar-refractivity contribution is 6.32. The van der Waals surface area contributed by atoms with Crippen LogP contribution in [0.15, 0.2) is 36.4 Å². The predicted molar refractivity (Wildman–Crippen MR) is 109 cm³/mol. The average Bonchev–Trinajstić information content (AvgIpc) is 2.64. The molecule has 0 atom stereocenters. The molecule has 0 fully saturated rings. The highest BCUT2D eigenvalue weighted by Crippen LogP contribution is 2.33. The largest absolute Gasteiger partial charge is 0.490 e. The maximum atomic E-state index is 12.7. The van der Waals surface area contributed by atoms with E-state index in [-0.39, 0.29) is 24.3 Å². The molecule has 0 unspecified atom stereocenters. The van der Waals surface area contributed by atoms with Crippen LogP contribution in [0.1, 0.15) is 29.8 Å². The molecule has 2 rings (SSSR count). The summed E-state index contributed by atoms with van der Waals surface area (Å²) in [7, 11) is 0. The third-order valence-corrected chi connectivity index (χ3v) is 4.07. The Balaban J connectivity index is 2.18. The van der Waals surface area contributed by atoms with Gasteiger partial charge in [0.15, 0.2) is 5.75 Å². The SMILES string of the molecule is CCOc1c(Cl)cccc1NC(=O)c1ccc(C)c(NC(=O)CNC(C)=O)c1. The van der Waals surface area contributed by atoms with Gasteiger partial charge < -0.3 is 20.7 Å². The smallest absolute Gasteiger partial charge is 0.255 e. The molecule has 0 spiro atoms. The van der Waals surface area contributed by atoms with E-state index in [1.807, 2.05) is 6.92 Å². The Hall–Kier alpha value is -3.06. The average molecular weight is 404 g/mol. The lowest BCUT2D eigenvalue weighted by molar-refractivity contribution is -0.122. The van der Waals surface area contributed by atoms with E-state index in [9.17, 15) is 14.4 Å². The first kappa shape index (κ1) is 21.2. The number of hydrogen-bond donors (Lipinski definition) is 3. The van der Waals surface area contributed by atoms with Crippen molar-refractivity contribution in [3.8, 4) is 5.75 Å². The van der Waals surface area contributed by atoms with Gasteiger partial charge in [-0.05, 0) is 43.7 Å². The Morgan fingerprint density at radius 3 is 2.50 bits per heavy atom. The van der Waals surface area contributed by atoms with Crippen LogP contribution in [0.4, 0.5) is 11.4 Å². The Morgan fingerprint density at radius 2 is 1.82 bits per heavy atom. The number of carbonyl (C=O) groups is 3. The summed E-state index contributed by atoms with van der Waals surface area (Å²) in [6, 6.07) is 10.0. The van der Waals surface area contributed by atoms with E-state index in [0.29, 0.717) is 34.3 Å². The number of hydrogen-bond acceptors (Lipinski definition) is 4. The minimum Gasteiger partial charge on any atom is -0.490 e. The number of benzene rings is 2. The van der Waals surface area contributed by atoms with Gasteiger partial charge in [-0.3, -0.25) is 14.4 Å². The van der Waals surface area contributed by atoms with E-state index in [1.165, 1.54) is 6.92 Å². The summed E-state index contributed by atoms with van der Waals surface area (Å²) in [6.45, 7) is 5.22. The lowest BCUT2D eigenvalue weighted by Crippen LogP contribution is -2.31. The molecular formula is C20H22ClN3O4. The van der Waals surface area contributed by atoms with Crippen LogP contribution in [0, 0.1) is 6.92 Å². The number of halogens is 1. The lowest BCUT2D eigenvalue weighted by Gasteiger charge is -2.14. The molecule has 7 nitrogen and oxygen atoms in total. The van der Waals surface area contributed by atoms with Crippen LogP contribution < -0.4 is 20.7 Å². The first-order valence-electron chi connectivity index (χ1n) is 8.69. The zero-order chi connectivity index (χ0) is 20.7. The van der Waals surface area contributed by atoms with Crippen molar-refractivity contribution in [3.63, 3.8) is 0 Å².